The van der Waals surface area contributed by atoms with Gasteiger partial charge < -0.3 is 20.2 Å². The minimum Gasteiger partial charge on any atom is -0.433 e. The molecule has 0 aliphatic heterocycles. The lowest BCUT2D eigenvalue weighted by atomic mass is 10.1. The first-order valence-electron chi connectivity index (χ1n) is 5.66. The van der Waals surface area contributed by atoms with Crippen molar-refractivity contribution in [3.05, 3.63) is 23.8 Å². The van der Waals surface area contributed by atoms with E-state index in [9.17, 15) is 9.59 Å². The molecule has 3 N–H and O–H groups in total. The maximum absolute atomic E-state index is 11.4. The molecule has 1 rings (SSSR count). The Morgan fingerprint density at radius 2 is 2.05 bits per heavy atom. The third-order valence-electron chi connectivity index (χ3n) is 2.29. The van der Waals surface area contributed by atoms with Crippen molar-refractivity contribution < 1.29 is 19.2 Å². The van der Waals surface area contributed by atoms with Gasteiger partial charge in [-0.05, 0) is 25.1 Å². The molecule has 0 bridgehead atoms. The topological polar surface area (TPSA) is 93.9 Å². The second-order valence-electron chi connectivity index (χ2n) is 3.88. The SMILES string of the molecule is CCOC(=O)ONc1ccc(N(C)C)cc1C(N)=O. The average Bonchev–Trinajstić information content (AvgIpc) is 2.36. The zero-order valence-corrected chi connectivity index (χ0v) is 11.1. The van der Waals surface area contributed by atoms with Gasteiger partial charge in [-0.1, -0.05) is 0 Å². The van der Waals surface area contributed by atoms with Crippen LogP contribution >= 0.6 is 0 Å². The number of hydrogen-bond donors (Lipinski definition) is 2. The Hall–Kier alpha value is -2.44. The Morgan fingerprint density at radius 3 is 2.58 bits per heavy atom. The Balaban J connectivity index is 2.88. The molecule has 1 amide bonds. The number of benzene rings is 1. The number of nitrogens with one attached hydrogen (secondary N) is 1. The summed E-state index contributed by atoms with van der Waals surface area (Å²) in [6.45, 7) is 1.85. The molecule has 0 aromatic heterocycles. The zero-order valence-electron chi connectivity index (χ0n) is 11.1. The van der Waals surface area contributed by atoms with Crippen molar-refractivity contribution in [2.24, 2.45) is 5.73 Å². The first kappa shape index (κ1) is 14.6. The van der Waals surface area contributed by atoms with E-state index in [1.807, 2.05) is 19.0 Å². The van der Waals surface area contributed by atoms with Gasteiger partial charge in [0.1, 0.15) is 0 Å². The third kappa shape index (κ3) is 4.06. The molecule has 104 valence electrons. The van der Waals surface area contributed by atoms with Gasteiger partial charge in [0.2, 0.25) is 0 Å². The lowest BCUT2D eigenvalue weighted by molar-refractivity contribution is 0.0758. The highest BCUT2D eigenvalue weighted by Crippen LogP contribution is 2.22. The predicted molar refractivity (Wildman–Crippen MR) is 71.0 cm³/mol. The van der Waals surface area contributed by atoms with E-state index < -0.39 is 12.1 Å². The second-order valence-corrected chi connectivity index (χ2v) is 3.88. The predicted octanol–water partition coefficient (Wildman–Crippen LogP) is 1.35. The van der Waals surface area contributed by atoms with E-state index in [1.54, 1.807) is 25.1 Å². The van der Waals surface area contributed by atoms with Crippen LogP contribution in [0.3, 0.4) is 0 Å². The number of nitrogens with two attached hydrogens (primary N) is 1. The molecule has 0 aliphatic rings. The summed E-state index contributed by atoms with van der Waals surface area (Å²) in [5.74, 6) is -0.626. The number of primary amides is 1. The van der Waals surface area contributed by atoms with Crippen LogP contribution in [0.25, 0.3) is 0 Å². The van der Waals surface area contributed by atoms with E-state index in [1.165, 1.54) is 0 Å². The van der Waals surface area contributed by atoms with Crippen molar-refractivity contribution in [1.29, 1.82) is 0 Å². The highest BCUT2D eigenvalue weighted by molar-refractivity contribution is 5.99. The molecule has 0 fully saturated rings. The molecular formula is C12H17N3O4. The molecule has 0 saturated heterocycles. The van der Waals surface area contributed by atoms with Gasteiger partial charge in [0.05, 0.1) is 17.9 Å². The van der Waals surface area contributed by atoms with Crippen molar-refractivity contribution in [3.63, 3.8) is 0 Å². The van der Waals surface area contributed by atoms with E-state index in [2.05, 4.69) is 15.1 Å². The molecule has 1 aromatic carbocycles. The first-order valence-corrected chi connectivity index (χ1v) is 5.66. The van der Waals surface area contributed by atoms with Crippen molar-refractivity contribution in [1.82, 2.24) is 0 Å². The van der Waals surface area contributed by atoms with Crippen LogP contribution in [-0.2, 0) is 9.57 Å². The van der Waals surface area contributed by atoms with Crippen LogP contribution in [0.1, 0.15) is 17.3 Å². The summed E-state index contributed by atoms with van der Waals surface area (Å²) in [7, 11) is 3.67. The van der Waals surface area contributed by atoms with Crippen LogP contribution in [0.4, 0.5) is 16.2 Å². The minimum atomic E-state index is -0.880. The van der Waals surface area contributed by atoms with Gasteiger partial charge in [0.25, 0.3) is 5.91 Å². The largest absolute Gasteiger partial charge is 0.533 e. The van der Waals surface area contributed by atoms with Crippen molar-refractivity contribution >= 4 is 23.4 Å². The van der Waals surface area contributed by atoms with Crippen molar-refractivity contribution in [2.75, 3.05) is 31.1 Å². The number of ether oxygens (including phenoxy) is 1. The molecule has 0 heterocycles. The van der Waals surface area contributed by atoms with Crippen LogP contribution in [0.2, 0.25) is 0 Å². The molecule has 0 atom stereocenters. The van der Waals surface area contributed by atoms with Crippen LogP contribution in [0.5, 0.6) is 0 Å². The van der Waals surface area contributed by atoms with E-state index in [0.29, 0.717) is 5.69 Å². The standard InChI is InChI=1S/C12H17N3O4/c1-4-18-12(17)19-14-10-6-5-8(15(2)3)7-9(10)11(13)16/h5-7,14H,4H2,1-3H3,(H2,13,16). The Morgan fingerprint density at radius 1 is 1.37 bits per heavy atom. The summed E-state index contributed by atoms with van der Waals surface area (Å²) in [6, 6.07) is 4.94. The van der Waals surface area contributed by atoms with Gasteiger partial charge in [0.15, 0.2) is 0 Å². The van der Waals surface area contributed by atoms with Gasteiger partial charge in [-0.15, -0.1) is 0 Å². The molecule has 0 spiro atoms. The lowest BCUT2D eigenvalue weighted by Gasteiger charge is -2.15. The van der Waals surface area contributed by atoms with Crippen LogP contribution in [0.15, 0.2) is 18.2 Å². The van der Waals surface area contributed by atoms with Crippen LogP contribution in [0, 0.1) is 0 Å². The minimum absolute atomic E-state index is 0.197. The summed E-state index contributed by atoms with van der Waals surface area (Å²) in [5, 5.41) is 0. The molecule has 1 aromatic rings. The van der Waals surface area contributed by atoms with Gasteiger partial charge >= 0.3 is 6.16 Å². The molecule has 7 heteroatoms. The average molecular weight is 267 g/mol. The number of nitrogens with zero attached hydrogens (tertiary/aromatic N) is 1. The monoisotopic (exact) mass is 267 g/mol. The van der Waals surface area contributed by atoms with E-state index in [0.717, 1.165) is 5.69 Å². The Bertz CT molecular complexity index is 474. The summed E-state index contributed by atoms with van der Waals surface area (Å²) in [4.78, 5) is 28.8. The summed E-state index contributed by atoms with van der Waals surface area (Å²) in [6.07, 6.45) is -0.880. The molecule has 19 heavy (non-hydrogen) atoms. The van der Waals surface area contributed by atoms with E-state index >= 15 is 0 Å². The second kappa shape index (κ2) is 6.48. The fourth-order valence-electron chi connectivity index (χ4n) is 1.35. The van der Waals surface area contributed by atoms with Gasteiger partial charge in [0, 0.05) is 19.8 Å². The highest BCUT2D eigenvalue weighted by Gasteiger charge is 2.12. The highest BCUT2D eigenvalue weighted by atomic mass is 16.8. The smallest absolute Gasteiger partial charge is 0.433 e. The lowest BCUT2D eigenvalue weighted by Crippen LogP contribution is -2.18. The molecule has 0 saturated carbocycles. The van der Waals surface area contributed by atoms with Gasteiger partial charge in [-0.3, -0.25) is 4.79 Å². The maximum Gasteiger partial charge on any atom is 0.533 e. The number of carbonyl (C=O) groups is 2. The normalized spacial score (nSPS) is 9.63. The van der Waals surface area contributed by atoms with Gasteiger partial charge in [-0.25, -0.2) is 10.3 Å². The van der Waals surface area contributed by atoms with Crippen LogP contribution in [-0.4, -0.2) is 32.8 Å². The third-order valence-corrected chi connectivity index (χ3v) is 2.29. The number of amides is 1. The molecular weight excluding hydrogens is 250 g/mol. The van der Waals surface area contributed by atoms with Crippen molar-refractivity contribution in [3.8, 4) is 0 Å². The van der Waals surface area contributed by atoms with E-state index in [4.69, 9.17) is 5.73 Å². The maximum atomic E-state index is 11.4. The Kier molecular flexibility index (Phi) is 4.99. The number of anilines is 2. The van der Waals surface area contributed by atoms with Crippen molar-refractivity contribution in [2.45, 2.75) is 6.92 Å². The Labute approximate surface area is 111 Å². The fraction of sp³-hybridized carbons (Fsp3) is 0.333. The first-order chi connectivity index (χ1) is 8.95. The molecule has 0 unspecified atom stereocenters. The fourth-order valence-corrected chi connectivity index (χ4v) is 1.35. The molecule has 7 nitrogen and oxygen atoms in total. The number of rotatable bonds is 5. The number of hydrogen-bond acceptors (Lipinski definition) is 6. The summed E-state index contributed by atoms with van der Waals surface area (Å²) < 4.78 is 4.58. The quantitative estimate of drug-likeness (QED) is 0.618. The number of carbonyl (C=O) groups excluding carboxylic acids is 2. The summed E-state index contributed by atoms with van der Waals surface area (Å²) >= 11 is 0. The molecule has 0 aliphatic carbocycles. The molecule has 0 radical (unpaired) electrons. The summed E-state index contributed by atoms with van der Waals surface area (Å²) in [5.41, 5.74) is 8.95. The van der Waals surface area contributed by atoms with Gasteiger partial charge in [-0.2, -0.15) is 0 Å². The van der Waals surface area contributed by atoms with E-state index in [-0.39, 0.29) is 12.2 Å². The zero-order chi connectivity index (χ0) is 14.4. The van der Waals surface area contributed by atoms with Crippen LogP contribution < -0.4 is 16.1 Å².